The molecular weight excluding hydrogens is 218 g/mol. The highest BCUT2D eigenvalue weighted by molar-refractivity contribution is 5.68. The first-order valence-electron chi connectivity index (χ1n) is 6.47. The lowest BCUT2D eigenvalue weighted by atomic mass is 10.1. The summed E-state index contributed by atoms with van der Waals surface area (Å²) >= 11 is 0. The van der Waals surface area contributed by atoms with Gasteiger partial charge in [-0.15, -0.1) is 0 Å². The van der Waals surface area contributed by atoms with E-state index in [9.17, 15) is 9.90 Å². The van der Waals surface area contributed by atoms with Gasteiger partial charge >= 0.3 is 6.09 Å². The number of hydrogen-bond donors (Lipinski definition) is 1. The van der Waals surface area contributed by atoms with Crippen molar-refractivity contribution in [1.82, 2.24) is 4.90 Å². The molecule has 0 saturated carbocycles. The number of nitrogens with zero attached hydrogens (tertiary/aromatic N) is 1. The second-order valence-electron chi connectivity index (χ2n) is 5.90. The van der Waals surface area contributed by atoms with E-state index < -0.39 is 5.60 Å². The average Bonchev–Trinajstić information content (AvgIpc) is 2.59. The van der Waals surface area contributed by atoms with Crippen molar-refractivity contribution in [2.75, 3.05) is 6.54 Å². The Balaban J connectivity index is 2.48. The van der Waals surface area contributed by atoms with Gasteiger partial charge in [-0.05, 0) is 53.4 Å². The number of carbonyl (C=O) groups excluding carboxylic acids is 1. The first-order chi connectivity index (χ1) is 7.79. The molecule has 0 radical (unpaired) electrons. The van der Waals surface area contributed by atoms with Crippen LogP contribution in [0.1, 0.15) is 53.4 Å². The lowest BCUT2D eigenvalue weighted by Gasteiger charge is -2.28. The maximum absolute atomic E-state index is 12.0. The molecule has 0 bridgehead atoms. The zero-order chi connectivity index (χ0) is 13.1. The van der Waals surface area contributed by atoms with Crippen molar-refractivity contribution in [3.63, 3.8) is 0 Å². The molecule has 17 heavy (non-hydrogen) atoms. The van der Waals surface area contributed by atoms with E-state index in [4.69, 9.17) is 4.74 Å². The summed E-state index contributed by atoms with van der Waals surface area (Å²) in [7, 11) is 0. The normalized spacial score (nSPS) is 22.6. The lowest BCUT2D eigenvalue weighted by molar-refractivity contribution is 0.0209. The van der Waals surface area contributed by atoms with Crippen molar-refractivity contribution in [2.45, 2.75) is 71.1 Å². The highest BCUT2D eigenvalue weighted by Gasteiger charge is 2.31. The maximum atomic E-state index is 12.0. The second kappa shape index (κ2) is 5.71. The Kier molecular flexibility index (Phi) is 4.80. The summed E-state index contributed by atoms with van der Waals surface area (Å²) in [6.45, 7) is 8.20. The van der Waals surface area contributed by atoms with Crippen LogP contribution in [0.3, 0.4) is 0 Å². The van der Waals surface area contributed by atoms with Crippen LogP contribution in [0.15, 0.2) is 0 Å². The molecule has 2 unspecified atom stereocenters. The van der Waals surface area contributed by atoms with Crippen LogP contribution < -0.4 is 0 Å². The van der Waals surface area contributed by atoms with Gasteiger partial charge < -0.3 is 14.7 Å². The quantitative estimate of drug-likeness (QED) is 0.828. The van der Waals surface area contributed by atoms with Crippen molar-refractivity contribution in [3.8, 4) is 0 Å². The summed E-state index contributed by atoms with van der Waals surface area (Å²) < 4.78 is 5.38. The van der Waals surface area contributed by atoms with E-state index in [1.54, 1.807) is 6.92 Å². The highest BCUT2D eigenvalue weighted by Crippen LogP contribution is 2.24. The number of carbonyl (C=O) groups is 1. The van der Waals surface area contributed by atoms with Crippen LogP contribution in [0.25, 0.3) is 0 Å². The van der Waals surface area contributed by atoms with Crippen LogP contribution in [0.2, 0.25) is 0 Å². The van der Waals surface area contributed by atoms with Crippen molar-refractivity contribution in [3.05, 3.63) is 0 Å². The fourth-order valence-electron chi connectivity index (χ4n) is 2.13. The number of aliphatic hydroxyl groups excluding tert-OH is 1. The molecule has 100 valence electrons. The minimum atomic E-state index is -0.436. The molecule has 4 heteroatoms. The van der Waals surface area contributed by atoms with E-state index in [1.807, 2.05) is 25.7 Å². The standard InChI is InChI=1S/C13H25NO3/c1-10(15)7-8-11-6-5-9-14(11)12(16)17-13(2,3)4/h10-11,15H,5-9H2,1-4H3. The average molecular weight is 243 g/mol. The predicted octanol–water partition coefficient (Wildman–Crippen LogP) is 2.55. The molecule has 0 aromatic carbocycles. The fraction of sp³-hybridized carbons (Fsp3) is 0.923. The molecule has 1 heterocycles. The molecule has 0 aliphatic carbocycles. The maximum Gasteiger partial charge on any atom is 0.410 e. The largest absolute Gasteiger partial charge is 0.444 e. The Labute approximate surface area is 104 Å². The summed E-state index contributed by atoms with van der Waals surface area (Å²) in [5.41, 5.74) is -0.436. The molecule has 0 spiro atoms. The zero-order valence-corrected chi connectivity index (χ0v) is 11.4. The minimum absolute atomic E-state index is 0.217. The molecule has 1 aliphatic rings. The van der Waals surface area contributed by atoms with Gasteiger partial charge in [-0.1, -0.05) is 0 Å². The van der Waals surface area contributed by atoms with Crippen LogP contribution >= 0.6 is 0 Å². The molecule has 1 saturated heterocycles. The van der Waals surface area contributed by atoms with Gasteiger partial charge in [0.15, 0.2) is 0 Å². The van der Waals surface area contributed by atoms with E-state index in [0.717, 1.165) is 32.2 Å². The molecule has 1 aliphatic heterocycles. The Morgan fingerprint density at radius 3 is 2.71 bits per heavy atom. The van der Waals surface area contributed by atoms with E-state index >= 15 is 0 Å². The van der Waals surface area contributed by atoms with Gasteiger partial charge in [-0.25, -0.2) is 4.79 Å². The third kappa shape index (κ3) is 4.94. The molecular formula is C13H25NO3. The van der Waals surface area contributed by atoms with Crippen molar-refractivity contribution in [1.29, 1.82) is 0 Å². The van der Waals surface area contributed by atoms with Gasteiger partial charge in [0.05, 0.1) is 6.10 Å². The zero-order valence-electron chi connectivity index (χ0n) is 11.4. The van der Waals surface area contributed by atoms with Gasteiger partial charge in [0.25, 0.3) is 0 Å². The van der Waals surface area contributed by atoms with E-state index in [0.29, 0.717) is 0 Å². The summed E-state index contributed by atoms with van der Waals surface area (Å²) in [4.78, 5) is 13.8. The van der Waals surface area contributed by atoms with E-state index in [1.165, 1.54) is 0 Å². The monoisotopic (exact) mass is 243 g/mol. The van der Waals surface area contributed by atoms with E-state index in [2.05, 4.69) is 0 Å². The fourth-order valence-corrected chi connectivity index (χ4v) is 2.13. The Bertz CT molecular complexity index is 258. The van der Waals surface area contributed by atoms with Gasteiger partial charge in [0, 0.05) is 12.6 Å². The molecule has 1 N–H and O–H groups in total. The molecule has 4 nitrogen and oxygen atoms in total. The lowest BCUT2D eigenvalue weighted by Crippen LogP contribution is -2.40. The van der Waals surface area contributed by atoms with Gasteiger partial charge in [0.2, 0.25) is 0 Å². The van der Waals surface area contributed by atoms with Gasteiger partial charge in [-0.2, -0.15) is 0 Å². The summed E-state index contributed by atoms with van der Waals surface area (Å²) in [5, 5.41) is 9.29. The SMILES string of the molecule is CC(O)CCC1CCCN1C(=O)OC(C)(C)C. The number of aliphatic hydroxyl groups is 1. The summed E-state index contributed by atoms with van der Waals surface area (Å²) in [6, 6.07) is 0.236. The smallest absolute Gasteiger partial charge is 0.410 e. The number of amides is 1. The van der Waals surface area contributed by atoms with E-state index in [-0.39, 0.29) is 18.2 Å². The second-order valence-corrected chi connectivity index (χ2v) is 5.90. The topological polar surface area (TPSA) is 49.8 Å². The number of rotatable bonds is 3. The molecule has 0 aromatic heterocycles. The Hall–Kier alpha value is -0.770. The number of ether oxygens (including phenoxy) is 1. The Morgan fingerprint density at radius 1 is 1.53 bits per heavy atom. The first kappa shape index (κ1) is 14.3. The molecule has 1 rings (SSSR count). The summed E-state index contributed by atoms with van der Waals surface area (Å²) in [6.07, 6.45) is 3.14. The third-order valence-corrected chi connectivity index (χ3v) is 2.92. The Morgan fingerprint density at radius 2 is 2.18 bits per heavy atom. The molecule has 2 atom stereocenters. The van der Waals surface area contributed by atoms with Crippen LogP contribution in [0, 0.1) is 0 Å². The number of likely N-dealkylation sites (tertiary alicyclic amines) is 1. The minimum Gasteiger partial charge on any atom is -0.444 e. The van der Waals surface area contributed by atoms with Crippen LogP contribution in [0.5, 0.6) is 0 Å². The molecule has 1 fully saturated rings. The number of hydrogen-bond acceptors (Lipinski definition) is 3. The first-order valence-corrected chi connectivity index (χ1v) is 6.47. The van der Waals surface area contributed by atoms with Crippen LogP contribution in [-0.4, -0.2) is 40.4 Å². The molecule has 1 amide bonds. The summed E-state index contributed by atoms with van der Waals surface area (Å²) in [5.74, 6) is 0. The van der Waals surface area contributed by atoms with Gasteiger partial charge in [-0.3, -0.25) is 0 Å². The van der Waals surface area contributed by atoms with Crippen LogP contribution in [-0.2, 0) is 4.74 Å². The van der Waals surface area contributed by atoms with Crippen molar-refractivity contribution >= 4 is 6.09 Å². The van der Waals surface area contributed by atoms with Crippen molar-refractivity contribution < 1.29 is 14.6 Å². The van der Waals surface area contributed by atoms with Crippen LogP contribution in [0.4, 0.5) is 4.79 Å². The predicted molar refractivity (Wildman–Crippen MR) is 66.9 cm³/mol. The third-order valence-electron chi connectivity index (χ3n) is 2.92. The van der Waals surface area contributed by atoms with Crippen molar-refractivity contribution in [2.24, 2.45) is 0 Å². The highest BCUT2D eigenvalue weighted by atomic mass is 16.6. The molecule has 0 aromatic rings. The van der Waals surface area contributed by atoms with Gasteiger partial charge in [0.1, 0.15) is 5.60 Å².